The molecule has 0 radical (unpaired) electrons. The molecule has 2 aromatic rings. The second kappa shape index (κ2) is 7.18. The Balaban J connectivity index is 2.54. The van der Waals surface area contributed by atoms with Crippen molar-refractivity contribution in [1.82, 2.24) is 9.97 Å². The molecule has 1 aromatic heterocycles. The minimum Gasteiger partial charge on any atom is -0.382 e. The Bertz CT molecular complexity index is 817. The van der Waals surface area contributed by atoms with E-state index >= 15 is 0 Å². The smallest absolute Gasteiger partial charge is 0.271 e. The Labute approximate surface area is 138 Å². The van der Waals surface area contributed by atoms with E-state index in [2.05, 4.69) is 32.2 Å². The van der Waals surface area contributed by atoms with Gasteiger partial charge in [-0.3, -0.25) is 10.1 Å². The van der Waals surface area contributed by atoms with Gasteiger partial charge in [0, 0.05) is 19.2 Å². The third kappa shape index (κ3) is 3.46. The lowest BCUT2D eigenvalue weighted by molar-refractivity contribution is -0.384. The number of non-ortho nitro benzene ring substituents is 1. The molecule has 9 heteroatoms. The first kappa shape index (κ1) is 16.9. The Morgan fingerprint density at radius 3 is 2.83 bits per heavy atom. The zero-order valence-electron chi connectivity index (χ0n) is 13.3. The van der Waals surface area contributed by atoms with Gasteiger partial charge in [0.05, 0.1) is 10.6 Å². The van der Waals surface area contributed by atoms with Crippen molar-refractivity contribution < 1.29 is 4.92 Å². The molecule has 0 unspecified atom stereocenters. The quantitative estimate of drug-likeness (QED) is 0.321. The number of nitrogens with one attached hydrogen (secondary N) is 2. The van der Waals surface area contributed by atoms with E-state index in [1.165, 1.54) is 24.7 Å². The number of nitro benzene ring substituents is 1. The Kier molecular flexibility index (Phi) is 5.05. The largest absolute Gasteiger partial charge is 0.382 e. The molecule has 4 N–H and O–H groups in total. The molecule has 0 fully saturated rings. The van der Waals surface area contributed by atoms with Gasteiger partial charge in [-0.1, -0.05) is 12.6 Å². The highest BCUT2D eigenvalue weighted by atomic mass is 16.6. The van der Waals surface area contributed by atoms with Crippen LogP contribution in [0.2, 0.25) is 0 Å². The average Bonchev–Trinajstić information content (AvgIpc) is 2.57. The van der Waals surface area contributed by atoms with E-state index < -0.39 is 4.92 Å². The molecule has 0 atom stereocenters. The maximum absolute atomic E-state index is 10.9. The van der Waals surface area contributed by atoms with E-state index in [9.17, 15) is 10.1 Å². The van der Waals surface area contributed by atoms with Crippen LogP contribution in [0.4, 0.5) is 22.9 Å². The number of nitrogens with two attached hydrogens (primary N) is 1. The molecular formula is C15H17N7O2. The normalized spacial score (nSPS) is 11.0. The summed E-state index contributed by atoms with van der Waals surface area (Å²) in [5.74, 6) is 0.621. The zero-order chi connectivity index (χ0) is 17.7. The fraction of sp³-hybridized carbons (Fsp3) is 0.133. The highest BCUT2D eigenvalue weighted by molar-refractivity contribution is 6.04. The molecule has 0 aliphatic carbocycles. The SMILES string of the molecule is C=CNc1c(NC)ncnc1C(N)=Nc1cc([N+](=O)[O-])ccc1C. The summed E-state index contributed by atoms with van der Waals surface area (Å²) >= 11 is 0. The van der Waals surface area contributed by atoms with Crippen LogP contribution < -0.4 is 16.4 Å². The summed E-state index contributed by atoms with van der Waals surface area (Å²) in [4.78, 5) is 23.0. The van der Waals surface area contributed by atoms with Crippen molar-refractivity contribution in [2.45, 2.75) is 6.92 Å². The number of hydrogen-bond donors (Lipinski definition) is 3. The Morgan fingerprint density at radius 2 is 2.21 bits per heavy atom. The van der Waals surface area contributed by atoms with Crippen LogP contribution in [0.1, 0.15) is 11.3 Å². The summed E-state index contributed by atoms with van der Waals surface area (Å²) in [6, 6.07) is 4.40. The predicted octanol–water partition coefficient (Wildman–Crippen LogP) is 2.33. The summed E-state index contributed by atoms with van der Waals surface area (Å²) in [6.45, 7) is 5.40. The van der Waals surface area contributed by atoms with Crippen LogP contribution in [0.15, 0.2) is 42.3 Å². The van der Waals surface area contributed by atoms with Crippen molar-refractivity contribution in [3.63, 3.8) is 0 Å². The van der Waals surface area contributed by atoms with E-state index in [4.69, 9.17) is 5.73 Å². The first-order valence-corrected chi connectivity index (χ1v) is 6.97. The van der Waals surface area contributed by atoms with E-state index in [1.807, 2.05) is 0 Å². The molecule has 2 rings (SSSR count). The molecule has 0 amide bonds. The lowest BCUT2D eigenvalue weighted by Crippen LogP contribution is -2.18. The number of aryl methyl sites for hydroxylation is 1. The van der Waals surface area contributed by atoms with Crippen molar-refractivity contribution in [3.8, 4) is 0 Å². The molecule has 0 saturated carbocycles. The van der Waals surface area contributed by atoms with Crippen LogP contribution in [0.25, 0.3) is 0 Å². The number of benzene rings is 1. The number of nitrogens with zero attached hydrogens (tertiary/aromatic N) is 4. The number of amidine groups is 1. The van der Waals surface area contributed by atoms with Gasteiger partial charge >= 0.3 is 0 Å². The second-order valence-electron chi connectivity index (χ2n) is 4.77. The third-order valence-corrected chi connectivity index (χ3v) is 3.22. The monoisotopic (exact) mass is 327 g/mol. The minimum atomic E-state index is -0.483. The number of hydrogen-bond acceptors (Lipinski definition) is 7. The molecule has 0 spiro atoms. The van der Waals surface area contributed by atoms with Crippen LogP contribution in [0.3, 0.4) is 0 Å². The Morgan fingerprint density at radius 1 is 1.46 bits per heavy atom. The van der Waals surface area contributed by atoms with Crippen molar-refractivity contribution in [2.24, 2.45) is 10.7 Å². The van der Waals surface area contributed by atoms with Gasteiger partial charge in [-0.25, -0.2) is 15.0 Å². The first-order chi connectivity index (χ1) is 11.5. The fourth-order valence-electron chi connectivity index (χ4n) is 2.02. The molecule has 124 valence electrons. The predicted molar refractivity (Wildman–Crippen MR) is 93.6 cm³/mol. The lowest BCUT2D eigenvalue weighted by atomic mass is 10.2. The van der Waals surface area contributed by atoms with Crippen LogP contribution >= 0.6 is 0 Å². The first-order valence-electron chi connectivity index (χ1n) is 6.97. The lowest BCUT2D eigenvalue weighted by Gasteiger charge is -2.12. The number of nitro groups is 1. The van der Waals surface area contributed by atoms with Crippen molar-refractivity contribution in [2.75, 3.05) is 17.7 Å². The highest BCUT2D eigenvalue weighted by Gasteiger charge is 2.14. The van der Waals surface area contributed by atoms with Crippen LogP contribution in [-0.4, -0.2) is 27.8 Å². The number of aromatic nitrogens is 2. The number of aliphatic imine (C=N–C) groups is 1. The molecule has 1 heterocycles. The standard InChI is InChI=1S/C15H17N7O2/c1-4-18-13-12(19-8-20-15(13)17-3)14(16)21-11-7-10(22(23)24)6-5-9(11)2/h4-8,18H,1H2,2-3H3,(H2,16,21)(H,17,19,20). The maximum Gasteiger partial charge on any atom is 0.271 e. The minimum absolute atomic E-state index is 0.0600. The van der Waals surface area contributed by atoms with Crippen LogP contribution in [0, 0.1) is 17.0 Å². The van der Waals surface area contributed by atoms with E-state index in [1.54, 1.807) is 20.0 Å². The van der Waals surface area contributed by atoms with Gasteiger partial charge in [0.15, 0.2) is 11.7 Å². The average molecular weight is 327 g/mol. The van der Waals surface area contributed by atoms with Gasteiger partial charge in [0.25, 0.3) is 5.69 Å². The molecule has 24 heavy (non-hydrogen) atoms. The van der Waals surface area contributed by atoms with Crippen LogP contribution in [-0.2, 0) is 0 Å². The molecule has 1 aromatic carbocycles. The van der Waals surface area contributed by atoms with Gasteiger partial charge in [-0.2, -0.15) is 0 Å². The topological polar surface area (TPSA) is 131 Å². The van der Waals surface area contributed by atoms with Crippen LogP contribution in [0.5, 0.6) is 0 Å². The molecule has 0 aliphatic heterocycles. The highest BCUT2D eigenvalue weighted by Crippen LogP contribution is 2.27. The van der Waals surface area contributed by atoms with Gasteiger partial charge < -0.3 is 16.4 Å². The summed E-state index contributed by atoms with van der Waals surface area (Å²) < 4.78 is 0. The van der Waals surface area contributed by atoms with Gasteiger partial charge in [-0.15, -0.1) is 0 Å². The summed E-state index contributed by atoms with van der Waals surface area (Å²) in [7, 11) is 1.71. The van der Waals surface area contributed by atoms with Gasteiger partial charge in [0.1, 0.15) is 17.7 Å². The van der Waals surface area contributed by atoms with Gasteiger partial charge in [-0.05, 0) is 18.7 Å². The molecule has 9 nitrogen and oxygen atoms in total. The summed E-state index contributed by atoms with van der Waals surface area (Å²) in [5, 5.41) is 16.7. The molecule has 0 saturated heterocycles. The van der Waals surface area contributed by atoms with Crippen molar-refractivity contribution >= 4 is 28.7 Å². The van der Waals surface area contributed by atoms with Crippen molar-refractivity contribution in [3.05, 3.63) is 58.7 Å². The van der Waals surface area contributed by atoms with E-state index in [0.717, 1.165) is 5.56 Å². The van der Waals surface area contributed by atoms with Crippen molar-refractivity contribution in [1.29, 1.82) is 0 Å². The Hall–Kier alpha value is -3.49. The second-order valence-corrected chi connectivity index (χ2v) is 4.77. The van der Waals surface area contributed by atoms with Gasteiger partial charge in [0.2, 0.25) is 0 Å². The maximum atomic E-state index is 10.9. The third-order valence-electron chi connectivity index (χ3n) is 3.22. The summed E-state index contributed by atoms with van der Waals surface area (Å²) in [6.07, 6.45) is 2.81. The van der Waals surface area contributed by atoms with E-state index in [-0.39, 0.29) is 11.5 Å². The number of anilines is 2. The summed E-state index contributed by atoms with van der Waals surface area (Å²) in [5.41, 5.74) is 8.03. The molecular weight excluding hydrogens is 310 g/mol. The fourth-order valence-corrected chi connectivity index (χ4v) is 2.02. The molecule has 0 aliphatic rings. The number of rotatable bonds is 6. The van der Waals surface area contributed by atoms with E-state index in [0.29, 0.717) is 22.9 Å². The molecule has 0 bridgehead atoms. The zero-order valence-corrected chi connectivity index (χ0v) is 13.3.